The van der Waals surface area contributed by atoms with Gasteiger partial charge < -0.3 is 5.32 Å². The van der Waals surface area contributed by atoms with E-state index in [0.29, 0.717) is 21.6 Å². The van der Waals surface area contributed by atoms with Crippen LogP contribution in [0.25, 0.3) is 12.2 Å². The summed E-state index contributed by atoms with van der Waals surface area (Å²) >= 11 is 2.36. The highest BCUT2D eigenvalue weighted by Gasteiger charge is 2.21. The van der Waals surface area contributed by atoms with E-state index in [-0.39, 0.29) is 16.7 Å². The first kappa shape index (κ1) is 19.8. The number of carbonyl (C=O) groups excluding carboxylic acids is 2. The number of nitrogens with one attached hydrogen (secondary N) is 1. The van der Waals surface area contributed by atoms with E-state index >= 15 is 0 Å². The Labute approximate surface area is 167 Å². The van der Waals surface area contributed by atoms with Crippen molar-refractivity contribution in [3.8, 4) is 0 Å². The molecule has 0 bridgehead atoms. The van der Waals surface area contributed by atoms with Gasteiger partial charge in [-0.05, 0) is 24.3 Å². The molecule has 0 spiro atoms. The number of nitrogens with zero attached hydrogens (tertiary/aromatic N) is 3. The van der Waals surface area contributed by atoms with Crippen LogP contribution >= 0.6 is 22.7 Å². The van der Waals surface area contributed by atoms with Crippen molar-refractivity contribution in [1.29, 1.82) is 0 Å². The predicted octanol–water partition coefficient (Wildman–Crippen LogP) is 4.09. The molecule has 2 heterocycles. The molecule has 6 nitrogen and oxygen atoms in total. The van der Waals surface area contributed by atoms with Crippen molar-refractivity contribution in [2.45, 2.75) is 6.92 Å². The summed E-state index contributed by atoms with van der Waals surface area (Å²) in [6.45, 7) is 1.27. The summed E-state index contributed by atoms with van der Waals surface area (Å²) in [5, 5.41) is 5.08. The Morgan fingerprint density at radius 2 is 2.04 bits per heavy atom. The third-order valence-electron chi connectivity index (χ3n) is 3.54. The van der Waals surface area contributed by atoms with Gasteiger partial charge in [-0.15, -0.1) is 22.7 Å². The van der Waals surface area contributed by atoms with Gasteiger partial charge in [-0.2, -0.15) is 0 Å². The predicted molar refractivity (Wildman–Crippen MR) is 106 cm³/mol. The lowest BCUT2D eigenvalue weighted by Crippen LogP contribution is -2.23. The number of halogens is 2. The highest BCUT2D eigenvalue weighted by atomic mass is 32.1. The number of benzene rings is 1. The summed E-state index contributed by atoms with van der Waals surface area (Å²) < 4.78 is 27.3. The summed E-state index contributed by atoms with van der Waals surface area (Å²) in [5.74, 6) is -2.25. The normalized spacial score (nSPS) is 11.0. The second-order valence-electron chi connectivity index (χ2n) is 5.48. The van der Waals surface area contributed by atoms with Crippen LogP contribution in [-0.2, 0) is 4.79 Å². The fraction of sp³-hybridized carbons (Fsp3) is 0.111. The molecule has 0 saturated carbocycles. The van der Waals surface area contributed by atoms with Gasteiger partial charge in [-0.1, -0.05) is 0 Å². The van der Waals surface area contributed by atoms with Crippen LogP contribution in [0.15, 0.2) is 29.8 Å². The van der Waals surface area contributed by atoms with Crippen molar-refractivity contribution in [1.82, 2.24) is 15.3 Å². The topological polar surface area (TPSA) is 75.2 Å². The van der Waals surface area contributed by atoms with Crippen LogP contribution in [0.4, 0.5) is 19.6 Å². The Hall–Kier alpha value is -2.98. The molecule has 3 aromatic rings. The second kappa shape index (κ2) is 8.36. The van der Waals surface area contributed by atoms with Gasteiger partial charge in [0, 0.05) is 25.4 Å². The molecule has 28 heavy (non-hydrogen) atoms. The summed E-state index contributed by atoms with van der Waals surface area (Å²) in [5.41, 5.74) is 0.458. The van der Waals surface area contributed by atoms with Crippen molar-refractivity contribution >= 4 is 57.5 Å². The van der Waals surface area contributed by atoms with Crippen LogP contribution in [0.3, 0.4) is 0 Å². The average Bonchev–Trinajstić information content (AvgIpc) is 3.31. The highest BCUT2D eigenvalue weighted by molar-refractivity contribution is 7.14. The van der Waals surface area contributed by atoms with E-state index in [1.165, 1.54) is 30.5 Å². The van der Waals surface area contributed by atoms with Crippen LogP contribution in [0, 0.1) is 11.6 Å². The molecule has 0 fully saturated rings. The van der Waals surface area contributed by atoms with Gasteiger partial charge in [0.2, 0.25) is 5.91 Å². The first-order valence-corrected chi connectivity index (χ1v) is 9.66. The van der Waals surface area contributed by atoms with Gasteiger partial charge in [0.1, 0.15) is 21.5 Å². The molecule has 2 amide bonds. The van der Waals surface area contributed by atoms with Gasteiger partial charge in [0.15, 0.2) is 5.13 Å². The zero-order chi connectivity index (χ0) is 20.3. The van der Waals surface area contributed by atoms with E-state index in [9.17, 15) is 18.4 Å². The van der Waals surface area contributed by atoms with Gasteiger partial charge in [-0.25, -0.2) is 18.7 Å². The van der Waals surface area contributed by atoms with Crippen LogP contribution in [0.5, 0.6) is 0 Å². The maximum absolute atomic E-state index is 14.1. The number of hydrogen-bond acceptors (Lipinski definition) is 6. The smallest absolute Gasteiger partial charge is 0.262 e. The molecule has 0 unspecified atom stereocenters. The van der Waals surface area contributed by atoms with Crippen molar-refractivity contribution < 1.29 is 18.4 Å². The number of amides is 2. The fourth-order valence-corrected chi connectivity index (χ4v) is 3.89. The number of anilines is 2. The molecule has 10 heteroatoms. The summed E-state index contributed by atoms with van der Waals surface area (Å²) in [6, 6.07) is 2.99. The van der Waals surface area contributed by atoms with Crippen molar-refractivity contribution in [2.75, 3.05) is 11.9 Å². The average molecular weight is 420 g/mol. The van der Waals surface area contributed by atoms with Crippen LogP contribution in [0.2, 0.25) is 0 Å². The summed E-state index contributed by atoms with van der Waals surface area (Å²) in [7, 11) is 1.54. The lowest BCUT2D eigenvalue weighted by molar-refractivity contribution is -0.115. The molecular formula is C18H14F2N4O2S2. The van der Waals surface area contributed by atoms with E-state index < -0.39 is 17.5 Å². The molecule has 0 atom stereocenters. The molecule has 1 N–H and O–H groups in total. The molecule has 144 valence electrons. The number of thiazole rings is 2. The first-order valence-electron chi connectivity index (χ1n) is 7.96. The molecule has 0 radical (unpaired) electrons. The summed E-state index contributed by atoms with van der Waals surface area (Å²) in [4.78, 5) is 33.6. The zero-order valence-corrected chi connectivity index (χ0v) is 16.4. The number of aromatic nitrogens is 2. The standard InChI is InChI=1S/C18H14F2N4O2S2/c1-10(25)24(14-5-3-11(19)7-13(14)20)18-23-12(9-27-18)4-6-16-22-8-15(28-16)17(26)21-2/h3-9H,1-2H3,(H,21,26)/b6-4+. The number of rotatable bonds is 5. The lowest BCUT2D eigenvalue weighted by atomic mass is 10.2. The Kier molecular flexibility index (Phi) is 5.90. The highest BCUT2D eigenvalue weighted by Crippen LogP contribution is 2.31. The van der Waals surface area contributed by atoms with Gasteiger partial charge in [0.05, 0.1) is 17.6 Å². The van der Waals surface area contributed by atoms with Crippen molar-refractivity contribution in [3.05, 3.63) is 57.0 Å². The summed E-state index contributed by atoms with van der Waals surface area (Å²) in [6.07, 6.45) is 4.84. The van der Waals surface area contributed by atoms with E-state index in [4.69, 9.17) is 0 Å². The third-order valence-corrected chi connectivity index (χ3v) is 5.34. The molecule has 0 saturated heterocycles. The minimum atomic E-state index is -0.855. The minimum Gasteiger partial charge on any atom is -0.354 e. The largest absolute Gasteiger partial charge is 0.354 e. The molecular weight excluding hydrogens is 406 g/mol. The van der Waals surface area contributed by atoms with Crippen molar-refractivity contribution in [2.24, 2.45) is 0 Å². The SMILES string of the molecule is CNC(=O)c1cnc(/C=C/c2csc(N(C(C)=O)c3ccc(F)cc3F)n2)s1. The molecule has 3 rings (SSSR count). The van der Waals surface area contributed by atoms with Gasteiger partial charge in [0.25, 0.3) is 5.91 Å². The van der Waals surface area contributed by atoms with E-state index in [2.05, 4.69) is 15.3 Å². The number of hydrogen-bond donors (Lipinski definition) is 1. The maximum Gasteiger partial charge on any atom is 0.262 e. The Balaban J connectivity index is 1.84. The van der Waals surface area contributed by atoms with Crippen LogP contribution < -0.4 is 10.2 Å². The molecule has 1 aromatic carbocycles. The van der Waals surface area contributed by atoms with E-state index in [1.54, 1.807) is 24.6 Å². The monoisotopic (exact) mass is 420 g/mol. The Morgan fingerprint density at radius 3 is 2.71 bits per heavy atom. The minimum absolute atomic E-state index is 0.0751. The van der Waals surface area contributed by atoms with E-state index in [0.717, 1.165) is 22.3 Å². The van der Waals surface area contributed by atoms with Crippen molar-refractivity contribution in [3.63, 3.8) is 0 Å². The van der Waals surface area contributed by atoms with Crippen LogP contribution in [0.1, 0.15) is 27.3 Å². The molecule has 0 aliphatic carbocycles. The Bertz CT molecular complexity index is 1060. The number of carbonyl (C=O) groups is 2. The van der Waals surface area contributed by atoms with E-state index in [1.807, 2.05) is 0 Å². The molecule has 2 aromatic heterocycles. The second-order valence-corrected chi connectivity index (χ2v) is 7.38. The Morgan fingerprint density at radius 1 is 1.25 bits per heavy atom. The van der Waals surface area contributed by atoms with Gasteiger partial charge >= 0.3 is 0 Å². The van der Waals surface area contributed by atoms with Gasteiger partial charge in [-0.3, -0.25) is 14.5 Å². The zero-order valence-electron chi connectivity index (χ0n) is 14.8. The fourth-order valence-electron chi connectivity index (χ4n) is 2.27. The lowest BCUT2D eigenvalue weighted by Gasteiger charge is -2.18. The maximum atomic E-state index is 14.1. The molecule has 0 aliphatic heterocycles. The quantitative estimate of drug-likeness (QED) is 0.675. The van der Waals surface area contributed by atoms with Crippen LogP contribution in [-0.4, -0.2) is 28.8 Å². The molecule has 0 aliphatic rings. The third kappa shape index (κ3) is 4.29. The first-order chi connectivity index (χ1) is 13.4.